The fraction of sp³-hybridized carbons (Fsp3) is 0.778. The Morgan fingerprint density at radius 2 is 2.17 bits per heavy atom. The summed E-state index contributed by atoms with van der Waals surface area (Å²) in [6.07, 6.45) is 6.55. The molecule has 1 aliphatic rings. The molecule has 0 aliphatic carbocycles. The minimum absolute atomic E-state index is 0.0780. The zero-order valence-electron chi connectivity index (χ0n) is 14.9. The van der Waals surface area contributed by atoms with Crippen LogP contribution in [-0.2, 0) is 11.8 Å². The highest BCUT2D eigenvalue weighted by Crippen LogP contribution is 2.29. The maximum atomic E-state index is 12.5. The van der Waals surface area contributed by atoms with Gasteiger partial charge in [-0.05, 0) is 31.1 Å². The molecule has 1 saturated heterocycles. The summed E-state index contributed by atoms with van der Waals surface area (Å²) in [5.41, 5.74) is 0. The Hall–Kier alpha value is -1.36. The third kappa shape index (κ3) is 4.80. The molecule has 5 heteroatoms. The molecule has 1 aromatic rings. The van der Waals surface area contributed by atoms with Gasteiger partial charge in [-0.3, -0.25) is 4.79 Å². The zero-order chi connectivity index (χ0) is 17.0. The van der Waals surface area contributed by atoms with Crippen molar-refractivity contribution in [2.24, 2.45) is 24.8 Å². The minimum atomic E-state index is -0.598. The van der Waals surface area contributed by atoms with E-state index in [-0.39, 0.29) is 11.8 Å². The molecule has 5 nitrogen and oxygen atoms in total. The Morgan fingerprint density at radius 3 is 2.78 bits per heavy atom. The van der Waals surface area contributed by atoms with Gasteiger partial charge >= 0.3 is 0 Å². The van der Waals surface area contributed by atoms with Gasteiger partial charge in [-0.1, -0.05) is 20.8 Å². The van der Waals surface area contributed by atoms with Crippen molar-refractivity contribution in [2.45, 2.75) is 52.6 Å². The largest absolute Gasteiger partial charge is 0.385 e. The van der Waals surface area contributed by atoms with Gasteiger partial charge in [0.1, 0.15) is 11.9 Å². The first-order valence-corrected chi connectivity index (χ1v) is 8.81. The van der Waals surface area contributed by atoms with Crippen molar-refractivity contribution in [1.29, 1.82) is 0 Å². The molecule has 0 bridgehead atoms. The number of aromatic nitrogens is 2. The van der Waals surface area contributed by atoms with Crippen LogP contribution in [0.5, 0.6) is 0 Å². The van der Waals surface area contributed by atoms with E-state index in [4.69, 9.17) is 0 Å². The number of amides is 1. The van der Waals surface area contributed by atoms with E-state index < -0.39 is 6.10 Å². The van der Waals surface area contributed by atoms with Crippen molar-refractivity contribution < 1.29 is 9.90 Å². The number of aliphatic hydroxyl groups is 1. The lowest BCUT2D eigenvalue weighted by atomic mass is 9.90. The summed E-state index contributed by atoms with van der Waals surface area (Å²) in [6.45, 7) is 8.00. The number of aryl methyl sites for hydroxylation is 1. The first-order valence-electron chi connectivity index (χ1n) is 8.81. The lowest BCUT2D eigenvalue weighted by Gasteiger charge is -2.35. The normalized spacial score (nSPS) is 21.5. The van der Waals surface area contributed by atoms with Gasteiger partial charge in [-0.2, -0.15) is 0 Å². The van der Waals surface area contributed by atoms with Crippen LogP contribution >= 0.6 is 0 Å². The van der Waals surface area contributed by atoms with Crippen molar-refractivity contribution >= 4 is 5.91 Å². The van der Waals surface area contributed by atoms with Gasteiger partial charge in [-0.25, -0.2) is 4.98 Å². The fourth-order valence-corrected chi connectivity index (χ4v) is 3.68. The number of carbonyl (C=O) groups is 1. The van der Waals surface area contributed by atoms with E-state index in [0.29, 0.717) is 30.6 Å². The van der Waals surface area contributed by atoms with Crippen molar-refractivity contribution in [3.8, 4) is 0 Å². The summed E-state index contributed by atoms with van der Waals surface area (Å²) in [4.78, 5) is 18.7. The molecular weight excluding hydrogens is 290 g/mol. The van der Waals surface area contributed by atoms with Crippen LogP contribution in [0.3, 0.4) is 0 Å². The zero-order valence-corrected chi connectivity index (χ0v) is 14.9. The number of hydrogen-bond donors (Lipinski definition) is 1. The monoisotopic (exact) mass is 321 g/mol. The molecule has 1 aromatic heterocycles. The van der Waals surface area contributed by atoms with Crippen LogP contribution in [0, 0.1) is 17.8 Å². The van der Waals surface area contributed by atoms with Gasteiger partial charge in [0.15, 0.2) is 0 Å². The standard InChI is InChI=1S/C18H31N3O2/c1-13(2)10-14(3)11-16(22)21-8-5-6-15(12-21)17(23)18-19-7-9-20(18)4/h7,9,13-15,17,23H,5-6,8,10-12H2,1-4H3. The number of aliphatic hydroxyl groups excluding tert-OH is 1. The molecule has 1 amide bonds. The molecule has 2 rings (SSSR count). The lowest BCUT2D eigenvalue weighted by molar-refractivity contribution is -0.135. The van der Waals surface area contributed by atoms with Gasteiger partial charge in [0, 0.05) is 44.9 Å². The molecule has 1 aliphatic heterocycles. The molecule has 130 valence electrons. The van der Waals surface area contributed by atoms with Gasteiger partial charge in [0.25, 0.3) is 0 Å². The van der Waals surface area contributed by atoms with Gasteiger partial charge in [-0.15, -0.1) is 0 Å². The number of carbonyl (C=O) groups excluding carboxylic acids is 1. The smallest absolute Gasteiger partial charge is 0.222 e. The number of rotatable bonds is 6. The molecule has 3 atom stereocenters. The van der Waals surface area contributed by atoms with Crippen LogP contribution in [0.2, 0.25) is 0 Å². The highest BCUT2D eigenvalue weighted by Gasteiger charge is 2.31. The van der Waals surface area contributed by atoms with E-state index in [9.17, 15) is 9.90 Å². The fourth-order valence-electron chi connectivity index (χ4n) is 3.68. The second-order valence-electron chi connectivity index (χ2n) is 7.52. The molecule has 1 fully saturated rings. The Morgan fingerprint density at radius 1 is 1.43 bits per heavy atom. The second kappa shape index (κ2) is 7.95. The highest BCUT2D eigenvalue weighted by atomic mass is 16.3. The van der Waals surface area contributed by atoms with Crippen LogP contribution in [0.4, 0.5) is 0 Å². The van der Waals surface area contributed by atoms with Crippen LogP contribution in [-0.4, -0.2) is 38.6 Å². The van der Waals surface area contributed by atoms with Crippen LogP contribution in [0.15, 0.2) is 12.4 Å². The van der Waals surface area contributed by atoms with Crippen molar-refractivity contribution in [2.75, 3.05) is 13.1 Å². The molecule has 0 spiro atoms. The number of nitrogens with zero attached hydrogens (tertiary/aromatic N) is 3. The Bertz CT molecular complexity index is 512. The summed E-state index contributed by atoms with van der Waals surface area (Å²) in [5, 5.41) is 10.6. The number of piperidine rings is 1. The molecule has 1 N–H and O–H groups in total. The Kier molecular flexibility index (Phi) is 6.22. The van der Waals surface area contributed by atoms with E-state index in [1.54, 1.807) is 6.20 Å². The summed E-state index contributed by atoms with van der Waals surface area (Å²) in [6, 6.07) is 0. The summed E-state index contributed by atoms with van der Waals surface area (Å²) in [5.74, 6) is 2.04. The van der Waals surface area contributed by atoms with Crippen LogP contribution in [0.25, 0.3) is 0 Å². The van der Waals surface area contributed by atoms with E-state index >= 15 is 0 Å². The molecule has 3 unspecified atom stereocenters. The van der Waals surface area contributed by atoms with E-state index in [1.165, 1.54) is 0 Å². The molecule has 2 heterocycles. The third-order valence-corrected chi connectivity index (χ3v) is 4.78. The lowest BCUT2D eigenvalue weighted by Crippen LogP contribution is -2.42. The van der Waals surface area contributed by atoms with Crippen molar-refractivity contribution in [3.63, 3.8) is 0 Å². The number of imidazole rings is 1. The maximum Gasteiger partial charge on any atom is 0.222 e. The van der Waals surface area contributed by atoms with Crippen LogP contribution < -0.4 is 0 Å². The Balaban J connectivity index is 1.92. The minimum Gasteiger partial charge on any atom is -0.385 e. The number of likely N-dealkylation sites (tertiary alicyclic amines) is 1. The van der Waals surface area contributed by atoms with Gasteiger partial charge in [0.2, 0.25) is 5.91 Å². The van der Waals surface area contributed by atoms with E-state index in [0.717, 1.165) is 25.8 Å². The van der Waals surface area contributed by atoms with E-state index in [2.05, 4.69) is 25.8 Å². The second-order valence-corrected chi connectivity index (χ2v) is 7.52. The molecule has 23 heavy (non-hydrogen) atoms. The molecule has 0 radical (unpaired) electrons. The summed E-state index contributed by atoms with van der Waals surface area (Å²) < 4.78 is 1.86. The predicted octanol–water partition coefficient (Wildman–Crippen LogP) is 2.76. The SMILES string of the molecule is CC(C)CC(C)CC(=O)N1CCCC(C(O)c2nccn2C)C1. The molecule has 0 aromatic carbocycles. The first kappa shape index (κ1) is 18.0. The predicted molar refractivity (Wildman–Crippen MR) is 90.7 cm³/mol. The Labute approximate surface area is 139 Å². The number of hydrogen-bond acceptors (Lipinski definition) is 3. The highest BCUT2D eigenvalue weighted by molar-refractivity contribution is 5.76. The van der Waals surface area contributed by atoms with Crippen molar-refractivity contribution in [3.05, 3.63) is 18.2 Å². The first-order chi connectivity index (χ1) is 10.9. The average Bonchev–Trinajstić information content (AvgIpc) is 2.91. The molecule has 0 saturated carbocycles. The summed E-state index contributed by atoms with van der Waals surface area (Å²) in [7, 11) is 1.89. The maximum absolute atomic E-state index is 12.5. The quantitative estimate of drug-likeness (QED) is 0.876. The third-order valence-electron chi connectivity index (χ3n) is 4.78. The van der Waals surface area contributed by atoms with Gasteiger partial charge < -0.3 is 14.6 Å². The van der Waals surface area contributed by atoms with E-state index in [1.807, 2.05) is 22.7 Å². The van der Waals surface area contributed by atoms with Crippen molar-refractivity contribution in [1.82, 2.24) is 14.5 Å². The summed E-state index contributed by atoms with van der Waals surface area (Å²) >= 11 is 0. The average molecular weight is 321 g/mol. The topological polar surface area (TPSA) is 58.4 Å². The molecular formula is C18H31N3O2. The van der Waals surface area contributed by atoms with Crippen LogP contribution in [0.1, 0.15) is 58.4 Å². The van der Waals surface area contributed by atoms with Gasteiger partial charge in [0.05, 0.1) is 0 Å².